The second-order valence-corrected chi connectivity index (χ2v) is 6.10. The lowest BCUT2D eigenvalue weighted by Gasteiger charge is -2.14. The Morgan fingerprint density at radius 3 is 2.32 bits per heavy atom. The van der Waals surface area contributed by atoms with Gasteiger partial charge in [-0.05, 0) is 30.5 Å². The third kappa shape index (κ3) is 4.19. The van der Waals surface area contributed by atoms with E-state index in [4.69, 9.17) is 4.74 Å². The van der Waals surface area contributed by atoms with Gasteiger partial charge < -0.3 is 4.74 Å². The summed E-state index contributed by atoms with van der Waals surface area (Å²) in [5.41, 5.74) is 3.72. The van der Waals surface area contributed by atoms with Gasteiger partial charge in [0.15, 0.2) is 0 Å². The van der Waals surface area contributed by atoms with Crippen molar-refractivity contribution in [3.05, 3.63) is 71.3 Å². The number of halogens is 1. The molecule has 2 aromatic carbocycles. The van der Waals surface area contributed by atoms with E-state index >= 15 is 0 Å². The Morgan fingerprint density at radius 1 is 0.947 bits per heavy atom. The summed E-state index contributed by atoms with van der Waals surface area (Å²) in [5, 5.41) is 0. The van der Waals surface area contributed by atoms with Crippen LogP contribution in [0.5, 0.6) is 0 Å². The smallest absolute Gasteiger partial charge is 0.0801 e. The van der Waals surface area contributed by atoms with Crippen LogP contribution in [0, 0.1) is 0 Å². The van der Waals surface area contributed by atoms with Gasteiger partial charge in [0.25, 0.3) is 0 Å². The van der Waals surface area contributed by atoms with Crippen molar-refractivity contribution in [3.8, 4) is 0 Å². The van der Waals surface area contributed by atoms with Crippen molar-refractivity contribution in [2.24, 2.45) is 0 Å². The van der Waals surface area contributed by atoms with Gasteiger partial charge >= 0.3 is 0 Å². The van der Waals surface area contributed by atoms with E-state index in [1.54, 1.807) is 0 Å². The number of hydrogen-bond acceptors (Lipinski definition) is 1. The zero-order valence-corrected chi connectivity index (χ0v) is 12.9. The van der Waals surface area contributed by atoms with Gasteiger partial charge in [0, 0.05) is 4.83 Å². The second kappa shape index (κ2) is 6.88. The summed E-state index contributed by atoms with van der Waals surface area (Å²) in [6.07, 6.45) is 0.117. The normalized spacial score (nSPS) is 14.1. The number of ether oxygens (including phenoxy) is 1. The van der Waals surface area contributed by atoms with Gasteiger partial charge in [0.05, 0.1) is 12.7 Å². The highest BCUT2D eigenvalue weighted by molar-refractivity contribution is 9.09. The lowest BCUT2D eigenvalue weighted by molar-refractivity contribution is 0.0525. The van der Waals surface area contributed by atoms with Crippen molar-refractivity contribution in [2.75, 3.05) is 0 Å². The second-order valence-electron chi connectivity index (χ2n) is 4.72. The maximum atomic E-state index is 5.93. The minimum Gasteiger partial charge on any atom is -0.369 e. The zero-order chi connectivity index (χ0) is 13.7. The SMILES string of the molecule is C[C@H](OCc1cccc([C@@H](C)Br)c1)c1ccccc1. The maximum absolute atomic E-state index is 5.93. The predicted octanol–water partition coefficient (Wildman–Crippen LogP) is 5.42. The Kier molecular flexibility index (Phi) is 5.17. The van der Waals surface area contributed by atoms with Crippen LogP contribution in [0.15, 0.2) is 54.6 Å². The van der Waals surface area contributed by atoms with E-state index in [9.17, 15) is 0 Å². The van der Waals surface area contributed by atoms with E-state index in [-0.39, 0.29) is 6.10 Å². The van der Waals surface area contributed by atoms with Crippen LogP contribution in [0.25, 0.3) is 0 Å². The van der Waals surface area contributed by atoms with E-state index in [2.05, 4.69) is 66.2 Å². The first kappa shape index (κ1) is 14.3. The molecule has 0 radical (unpaired) electrons. The van der Waals surface area contributed by atoms with Crippen molar-refractivity contribution < 1.29 is 4.74 Å². The monoisotopic (exact) mass is 318 g/mol. The molecule has 0 aliphatic heterocycles. The van der Waals surface area contributed by atoms with Gasteiger partial charge in [-0.3, -0.25) is 0 Å². The number of rotatable bonds is 5. The average molecular weight is 319 g/mol. The van der Waals surface area contributed by atoms with Gasteiger partial charge in [-0.1, -0.05) is 70.5 Å². The highest BCUT2D eigenvalue weighted by Crippen LogP contribution is 2.23. The highest BCUT2D eigenvalue weighted by atomic mass is 79.9. The van der Waals surface area contributed by atoms with E-state index in [0.717, 1.165) is 0 Å². The molecule has 2 heteroatoms. The minimum absolute atomic E-state index is 0.117. The minimum atomic E-state index is 0.117. The molecule has 100 valence electrons. The van der Waals surface area contributed by atoms with Crippen LogP contribution in [0.4, 0.5) is 0 Å². The molecule has 0 aromatic heterocycles. The Hall–Kier alpha value is -1.12. The van der Waals surface area contributed by atoms with Crippen LogP contribution in [0.2, 0.25) is 0 Å². The molecule has 2 atom stereocenters. The fourth-order valence-electron chi connectivity index (χ4n) is 1.97. The topological polar surface area (TPSA) is 9.23 Å². The van der Waals surface area contributed by atoms with Gasteiger partial charge in [0.1, 0.15) is 0 Å². The molecule has 0 heterocycles. The molecule has 0 N–H and O–H groups in total. The molecule has 2 rings (SSSR count). The van der Waals surface area contributed by atoms with Crippen molar-refractivity contribution in [3.63, 3.8) is 0 Å². The van der Waals surface area contributed by atoms with Crippen LogP contribution in [-0.2, 0) is 11.3 Å². The van der Waals surface area contributed by atoms with Gasteiger partial charge in [-0.2, -0.15) is 0 Å². The molecule has 0 aliphatic rings. The molecule has 0 unspecified atom stereocenters. The molecule has 0 saturated carbocycles. The van der Waals surface area contributed by atoms with Crippen molar-refractivity contribution in [1.29, 1.82) is 0 Å². The Labute approximate surface area is 123 Å². The van der Waals surface area contributed by atoms with E-state index in [1.165, 1.54) is 16.7 Å². The average Bonchev–Trinajstić information content (AvgIpc) is 2.46. The number of benzene rings is 2. The van der Waals surface area contributed by atoms with Crippen LogP contribution in [0.3, 0.4) is 0 Å². The quantitative estimate of drug-likeness (QED) is 0.669. The van der Waals surface area contributed by atoms with Crippen LogP contribution < -0.4 is 0 Å². The predicted molar refractivity (Wildman–Crippen MR) is 83.4 cm³/mol. The summed E-state index contributed by atoms with van der Waals surface area (Å²) in [5.74, 6) is 0. The molecule has 0 saturated heterocycles. The third-order valence-electron chi connectivity index (χ3n) is 3.18. The lowest BCUT2D eigenvalue weighted by atomic mass is 10.1. The highest BCUT2D eigenvalue weighted by Gasteiger charge is 2.06. The zero-order valence-electron chi connectivity index (χ0n) is 11.3. The first-order chi connectivity index (χ1) is 9.16. The molecular formula is C17H19BrO. The maximum Gasteiger partial charge on any atom is 0.0801 e. The van der Waals surface area contributed by atoms with Crippen molar-refractivity contribution in [1.82, 2.24) is 0 Å². The van der Waals surface area contributed by atoms with Gasteiger partial charge in [-0.15, -0.1) is 0 Å². The molecule has 2 aromatic rings. The summed E-state index contributed by atoms with van der Waals surface area (Å²) < 4.78 is 5.93. The Morgan fingerprint density at radius 2 is 1.63 bits per heavy atom. The van der Waals surface area contributed by atoms with Gasteiger partial charge in [0.2, 0.25) is 0 Å². The Bertz CT molecular complexity index is 508. The fraction of sp³-hybridized carbons (Fsp3) is 0.294. The largest absolute Gasteiger partial charge is 0.369 e. The third-order valence-corrected chi connectivity index (χ3v) is 3.71. The first-order valence-electron chi connectivity index (χ1n) is 6.56. The van der Waals surface area contributed by atoms with E-state index in [0.29, 0.717) is 11.4 Å². The summed E-state index contributed by atoms with van der Waals surface area (Å²) in [6.45, 7) is 4.86. The van der Waals surface area contributed by atoms with Crippen LogP contribution in [-0.4, -0.2) is 0 Å². The first-order valence-corrected chi connectivity index (χ1v) is 7.48. The lowest BCUT2D eigenvalue weighted by Crippen LogP contribution is -2.00. The standard InChI is InChI=1S/C17H19BrO/c1-13(18)17-10-6-7-15(11-17)12-19-14(2)16-8-4-3-5-9-16/h3-11,13-14H,12H2,1-2H3/t13-,14+/m1/s1. The Balaban J connectivity index is 1.97. The molecule has 0 amide bonds. The number of hydrogen-bond donors (Lipinski definition) is 0. The van der Waals surface area contributed by atoms with E-state index < -0.39 is 0 Å². The van der Waals surface area contributed by atoms with Crippen LogP contribution in [0.1, 0.15) is 41.5 Å². The van der Waals surface area contributed by atoms with Crippen LogP contribution >= 0.6 is 15.9 Å². The van der Waals surface area contributed by atoms with Crippen molar-refractivity contribution in [2.45, 2.75) is 31.4 Å². The summed E-state index contributed by atoms with van der Waals surface area (Å²) in [7, 11) is 0. The molecule has 0 bridgehead atoms. The molecule has 19 heavy (non-hydrogen) atoms. The van der Waals surface area contributed by atoms with Gasteiger partial charge in [-0.25, -0.2) is 0 Å². The fourth-order valence-corrected chi connectivity index (χ4v) is 2.26. The summed E-state index contributed by atoms with van der Waals surface area (Å²) in [4.78, 5) is 0.374. The molecular weight excluding hydrogens is 300 g/mol. The molecule has 0 aliphatic carbocycles. The number of alkyl halides is 1. The summed E-state index contributed by atoms with van der Waals surface area (Å²) >= 11 is 3.59. The molecule has 0 spiro atoms. The summed E-state index contributed by atoms with van der Waals surface area (Å²) in [6, 6.07) is 18.8. The molecule has 1 nitrogen and oxygen atoms in total. The molecule has 0 fully saturated rings. The van der Waals surface area contributed by atoms with Crippen molar-refractivity contribution >= 4 is 15.9 Å². The van der Waals surface area contributed by atoms with E-state index in [1.807, 2.05) is 18.2 Å².